The molecule has 24 heavy (non-hydrogen) atoms. The first-order valence-corrected chi connectivity index (χ1v) is 11.0. The summed E-state index contributed by atoms with van der Waals surface area (Å²) in [4.78, 5) is 1.66. The van der Waals surface area contributed by atoms with Crippen molar-refractivity contribution in [2.75, 3.05) is 19.6 Å². The van der Waals surface area contributed by atoms with Crippen molar-refractivity contribution in [2.45, 2.75) is 83.7 Å². The summed E-state index contributed by atoms with van der Waals surface area (Å²) in [6, 6.07) is 0. The molecule has 0 amide bonds. The molecule has 0 spiro atoms. The molecule has 0 aromatic carbocycles. The van der Waals surface area contributed by atoms with E-state index in [0.717, 1.165) is 36.6 Å². The van der Waals surface area contributed by atoms with Crippen molar-refractivity contribution >= 4 is 0 Å². The molecule has 4 saturated carbocycles. The molecule has 0 unspecified atom stereocenters. The number of quaternary nitrogens is 1. The molecule has 0 bridgehead atoms. The largest absolute Gasteiger partial charge is 0.383 e. The number of hydrogen-bond acceptors (Lipinski definition) is 1. The Morgan fingerprint density at radius 3 is 2.46 bits per heavy atom. The molecule has 5 aliphatic rings. The van der Waals surface area contributed by atoms with E-state index in [9.17, 15) is 5.11 Å². The second kappa shape index (κ2) is 5.22. The molecule has 5 fully saturated rings. The predicted octanol–water partition coefficient (Wildman–Crippen LogP) is 3.05. The fourth-order valence-electron chi connectivity index (χ4n) is 8.37. The van der Waals surface area contributed by atoms with Gasteiger partial charge >= 0.3 is 0 Å². The van der Waals surface area contributed by atoms with Gasteiger partial charge in [0.2, 0.25) is 0 Å². The van der Waals surface area contributed by atoms with Gasteiger partial charge in [-0.05, 0) is 80.5 Å². The third kappa shape index (κ3) is 2.08. The minimum Gasteiger partial charge on any atom is -0.383 e. The lowest BCUT2D eigenvalue weighted by Crippen LogP contribution is -2.96. The van der Waals surface area contributed by atoms with Crippen LogP contribution in [0.4, 0.5) is 0 Å². The molecule has 7 atom stereocenters. The molecule has 5 rings (SSSR count). The van der Waals surface area contributed by atoms with Gasteiger partial charge < -0.3 is 10.0 Å². The normalized spacial score (nSPS) is 57.1. The second-order valence-corrected chi connectivity index (χ2v) is 10.9. The Morgan fingerprint density at radius 2 is 1.67 bits per heavy atom. The maximum Gasteiger partial charge on any atom is 0.127 e. The van der Waals surface area contributed by atoms with Crippen molar-refractivity contribution in [1.82, 2.24) is 0 Å². The smallest absolute Gasteiger partial charge is 0.127 e. The highest BCUT2D eigenvalue weighted by atomic mass is 16.3. The number of nitrogens with one attached hydrogen (secondary N) is 1. The highest BCUT2D eigenvalue weighted by molar-refractivity contribution is 5.13. The van der Waals surface area contributed by atoms with Gasteiger partial charge in [-0.25, -0.2) is 0 Å². The molecule has 2 heteroatoms. The van der Waals surface area contributed by atoms with Crippen LogP contribution >= 0.6 is 0 Å². The number of aliphatic hydroxyl groups is 1. The van der Waals surface area contributed by atoms with Crippen LogP contribution in [0.3, 0.4) is 0 Å². The SMILES string of the molecule is C[C@]12CCCC[C@@H]1CC[C@@H]1[C@H]3CC[C@@](O)(C[NH+]4CC4)[C@@]3(C)CC[C@@H]12. The predicted molar refractivity (Wildman–Crippen MR) is 96.9 cm³/mol. The molecule has 4 aliphatic carbocycles. The van der Waals surface area contributed by atoms with E-state index in [-0.39, 0.29) is 11.0 Å². The molecule has 2 N–H and O–H groups in total. The van der Waals surface area contributed by atoms with E-state index >= 15 is 0 Å². The summed E-state index contributed by atoms with van der Waals surface area (Å²) < 4.78 is 0. The van der Waals surface area contributed by atoms with E-state index in [2.05, 4.69) is 13.8 Å². The van der Waals surface area contributed by atoms with Crippen LogP contribution in [-0.4, -0.2) is 30.3 Å². The Labute approximate surface area is 148 Å². The van der Waals surface area contributed by atoms with Crippen LogP contribution < -0.4 is 4.90 Å². The monoisotopic (exact) mass is 332 g/mol. The molecule has 1 heterocycles. The lowest BCUT2D eigenvalue weighted by Gasteiger charge is -2.61. The molecule has 0 aromatic heterocycles. The first kappa shape index (κ1) is 16.1. The first-order chi connectivity index (χ1) is 11.5. The molecule has 1 saturated heterocycles. The van der Waals surface area contributed by atoms with Gasteiger partial charge in [-0.2, -0.15) is 0 Å². The van der Waals surface area contributed by atoms with E-state index in [1.54, 1.807) is 4.90 Å². The third-order valence-electron chi connectivity index (χ3n) is 10.1. The second-order valence-electron chi connectivity index (χ2n) is 10.9. The zero-order valence-corrected chi connectivity index (χ0v) is 15.9. The van der Waals surface area contributed by atoms with Crippen LogP contribution in [0.5, 0.6) is 0 Å². The zero-order valence-electron chi connectivity index (χ0n) is 15.9. The van der Waals surface area contributed by atoms with Crippen LogP contribution in [0.2, 0.25) is 0 Å². The van der Waals surface area contributed by atoms with Crippen molar-refractivity contribution < 1.29 is 10.0 Å². The van der Waals surface area contributed by atoms with Gasteiger partial charge in [0.05, 0.1) is 0 Å². The van der Waals surface area contributed by atoms with E-state index < -0.39 is 0 Å². The van der Waals surface area contributed by atoms with Crippen LogP contribution in [0.1, 0.15) is 78.1 Å². The highest BCUT2D eigenvalue weighted by Gasteiger charge is 2.65. The van der Waals surface area contributed by atoms with Gasteiger partial charge in [-0.15, -0.1) is 0 Å². The Bertz CT molecular complexity index is 516. The van der Waals surface area contributed by atoms with Gasteiger partial charge in [-0.1, -0.05) is 26.7 Å². The third-order valence-corrected chi connectivity index (χ3v) is 10.1. The summed E-state index contributed by atoms with van der Waals surface area (Å²) in [5.74, 6) is 3.70. The highest BCUT2D eigenvalue weighted by Crippen LogP contribution is 2.68. The quantitative estimate of drug-likeness (QED) is 0.747. The van der Waals surface area contributed by atoms with Crippen molar-refractivity contribution in [1.29, 1.82) is 0 Å². The molecular weight excluding hydrogens is 294 g/mol. The standard InChI is InChI=1S/C22H37NO/c1-20-10-4-3-5-16(20)6-7-17-18(20)8-11-21(2)19(17)9-12-22(21,24)15-23-13-14-23/h16-19,24H,3-15H2,1-2H3/p+1/t16-,17+,18+,19-,20+,21+,22-/m1/s1. The van der Waals surface area contributed by atoms with Crippen LogP contribution in [0.15, 0.2) is 0 Å². The van der Waals surface area contributed by atoms with Crippen LogP contribution in [0.25, 0.3) is 0 Å². The molecule has 0 aromatic rings. The number of rotatable bonds is 2. The molecule has 0 radical (unpaired) electrons. The van der Waals surface area contributed by atoms with E-state index in [0.29, 0.717) is 5.41 Å². The summed E-state index contributed by atoms with van der Waals surface area (Å²) in [6.07, 6.45) is 14.0. The van der Waals surface area contributed by atoms with Gasteiger partial charge in [0.25, 0.3) is 0 Å². The molecule has 2 nitrogen and oxygen atoms in total. The van der Waals surface area contributed by atoms with Gasteiger partial charge in [0.15, 0.2) is 0 Å². The van der Waals surface area contributed by atoms with Crippen molar-refractivity contribution in [3.63, 3.8) is 0 Å². The fraction of sp³-hybridized carbons (Fsp3) is 1.00. The van der Waals surface area contributed by atoms with Gasteiger partial charge in [-0.3, -0.25) is 0 Å². The fourth-order valence-corrected chi connectivity index (χ4v) is 8.37. The van der Waals surface area contributed by atoms with Gasteiger partial charge in [0, 0.05) is 5.41 Å². The summed E-state index contributed by atoms with van der Waals surface area (Å²) >= 11 is 0. The maximum atomic E-state index is 11.6. The van der Waals surface area contributed by atoms with Crippen LogP contribution in [0, 0.1) is 34.5 Å². The Morgan fingerprint density at radius 1 is 0.875 bits per heavy atom. The summed E-state index contributed by atoms with van der Waals surface area (Å²) in [5.41, 5.74) is 0.481. The summed E-state index contributed by atoms with van der Waals surface area (Å²) in [5, 5.41) is 11.6. The van der Waals surface area contributed by atoms with E-state index in [4.69, 9.17) is 0 Å². The van der Waals surface area contributed by atoms with E-state index in [1.807, 2.05) is 0 Å². The number of hydrogen-bond donors (Lipinski definition) is 2. The van der Waals surface area contributed by atoms with E-state index in [1.165, 1.54) is 70.9 Å². The first-order valence-electron chi connectivity index (χ1n) is 11.0. The molecule has 136 valence electrons. The minimum atomic E-state index is -0.362. The summed E-state index contributed by atoms with van der Waals surface area (Å²) in [6.45, 7) is 8.79. The molecule has 1 aliphatic heterocycles. The average molecular weight is 333 g/mol. The van der Waals surface area contributed by atoms with Gasteiger partial charge in [0.1, 0.15) is 25.2 Å². The molecular formula is C22H38NO+. The Balaban J connectivity index is 1.43. The van der Waals surface area contributed by atoms with Crippen molar-refractivity contribution in [3.8, 4) is 0 Å². The van der Waals surface area contributed by atoms with Crippen molar-refractivity contribution in [2.24, 2.45) is 34.5 Å². The number of fused-ring (bicyclic) bond motifs is 5. The van der Waals surface area contributed by atoms with Crippen LogP contribution in [-0.2, 0) is 0 Å². The minimum absolute atomic E-state index is 0.210. The van der Waals surface area contributed by atoms with Crippen molar-refractivity contribution in [3.05, 3.63) is 0 Å². The average Bonchev–Trinajstić information content (AvgIpc) is 3.32. The lowest BCUT2D eigenvalue weighted by molar-refractivity contribution is -0.770. The summed E-state index contributed by atoms with van der Waals surface area (Å²) in [7, 11) is 0. The Hall–Kier alpha value is -0.0800. The maximum absolute atomic E-state index is 11.6. The lowest BCUT2D eigenvalue weighted by atomic mass is 9.44. The Kier molecular flexibility index (Phi) is 3.51. The topological polar surface area (TPSA) is 24.7 Å². The zero-order chi connectivity index (χ0) is 16.6.